The molecule has 2 aromatic carbocycles. The van der Waals surface area contributed by atoms with Gasteiger partial charge in [0.15, 0.2) is 0 Å². The van der Waals surface area contributed by atoms with Gasteiger partial charge in [0.1, 0.15) is 0 Å². The van der Waals surface area contributed by atoms with Crippen LogP contribution in [-0.2, 0) is 11.3 Å². The van der Waals surface area contributed by atoms with Crippen molar-refractivity contribution in [2.24, 2.45) is 0 Å². The number of carboxylic acids is 1. The van der Waals surface area contributed by atoms with Gasteiger partial charge in [-0.2, -0.15) is 0 Å². The number of piperazine rings is 1. The van der Waals surface area contributed by atoms with Crippen LogP contribution in [-0.4, -0.2) is 41.1 Å². The van der Waals surface area contributed by atoms with E-state index < -0.39 is 5.97 Å². The molecule has 24 heavy (non-hydrogen) atoms. The summed E-state index contributed by atoms with van der Waals surface area (Å²) in [5, 5.41) is 9.35. The normalized spacial score (nSPS) is 21.6. The highest BCUT2D eigenvalue weighted by molar-refractivity contribution is 5.69. The fourth-order valence-electron chi connectivity index (χ4n) is 3.68. The summed E-state index contributed by atoms with van der Waals surface area (Å²) < 4.78 is 0. The summed E-state index contributed by atoms with van der Waals surface area (Å²) in [5.74, 6) is -0.741. The molecule has 1 aliphatic rings. The Balaban J connectivity index is 1.79. The average Bonchev–Trinajstić information content (AvgIpc) is 2.56. The average molecular weight is 324 g/mol. The molecule has 1 fully saturated rings. The Morgan fingerprint density at radius 1 is 1.04 bits per heavy atom. The van der Waals surface area contributed by atoms with Crippen LogP contribution in [0, 0.1) is 0 Å². The second-order valence-corrected chi connectivity index (χ2v) is 6.52. The Bertz CT molecular complexity index is 660. The first-order chi connectivity index (χ1) is 11.6. The van der Waals surface area contributed by atoms with Gasteiger partial charge in [0.05, 0.1) is 12.5 Å². The van der Waals surface area contributed by atoms with Gasteiger partial charge in [0.2, 0.25) is 0 Å². The number of nitrogens with zero attached hydrogens (tertiary/aromatic N) is 2. The third-order valence-corrected chi connectivity index (χ3v) is 4.57. The Morgan fingerprint density at radius 2 is 1.67 bits per heavy atom. The van der Waals surface area contributed by atoms with E-state index in [0.29, 0.717) is 0 Å². The molecule has 2 aromatic rings. The maximum absolute atomic E-state index is 11.4. The third-order valence-electron chi connectivity index (χ3n) is 4.57. The molecule has 0 unspecified atom stereocenters. The van der Waals surface area contributed by atoms with Gasteiger partial charge in [0, 0.05) is 31.4 Å². The first-order valence-electron chi connectivity index (χ1n) is 8.45. The number of hydrogen-bond acceptors (Lipinski definition) is 3. The van der Waals surface area contributed by atoms with Crippen molar-refractivity contribution < 1.29 is 9.90 Å². The molecule has 4 heteroatoms. The number of rotatable bonds is 5. The molecule has 0 saturated carbocycles. The topological polar surface area (TPSA) is 43.8 Å². The molecular formula is C20H24N2O2. The van der Waals surface area contributed by atoms with Crippen molar-refractivity contribution in [3.63, 3.8) is 0 Å². The molecular weight excluding hydrogens is 300 g/mol. The van der Waals surface area contributed by atoms with Crippen LogP contribution >= 0.6 is 0 Å². The number of anilines is 1. The molecule has 1 saturated heterocycles. The Kier molecular flexibility index (Phi) is 5.16. The summed E-state index contributed by atoms with van der Waals surface area (Å²) >= 11 is 0. The lowest BCUT2D eigenvalue weighted by atomic mass is 10.0. The molecule has 1 heterocycles. The molecule has 0 aromatic heterocycles. The van der Waals surface area contributed by atoms with Gasteiger partial charge in [-0.15, -0.1) is 0 Å². The molecule has 0 spiro atoms. The van der Waals surface area contributed by atoms with E-state index in [1.807, 2.05) is 36.4 Å². The second-order valence-electron chi connectivity index (χ2n) is 6.52. The smallest absolute Gasteiger partial charge is 0.305 e. The van der Waals surface area contributed by atoms with Crippen molar-refractivity contribution in [1.29, 1.82) is 0 Å². The molecule has 3 rings (SSSR count). The van der Waals surface area contributed by atoms with Crippen LogP contribution in [0.15, 0.2) is 60.7 Å². The highest BCUT2D eigenvalue weighted by Gasteiger charge is 2.33. The Morgan fingerprint density at radius 3 is 2.29 bits per heavy atom. The number of benzene rings is 2. The van der Waals surface area contributed by atoms with Gasteiger partial charge < -0.3 is 10.0 Å². The molecule has 0 amide bonds. The molecule has 0 radical (unpaired) electrons. The first-order valence-corrected chi connectivity index (χ1v) is 8.45. The first kappa shape index (κ1) is 16.5. The van der Waals surface area contributed by atoms with Crippen molar-refractivity contribution in [3.05, 3.63) is 66.2 Å². The van der Waals surface area contributed by atoms with Crippen molar-refractivity contribution in [1.82, 2.24) is 4.90 Å². The minimum atomic E-state index is -0.741. The predicted molar refractivity (Wildman–Crippen MR) is 96.1 cm³/mol. The van der Waals surface area contributed by atoms with Crippen molar-refractivity contribution >= 4 is 11.7 Å². The van der Waals surface area contributed by atoms with Crippen LogP contribution in [0.3, 0.4) is 0 Å². The minimum absolute atomic E-state index is 0.0163. The zero-order chi connectivity index (χ0) is 16.9. The fourth-order valence-corrected chi connectivity index (χ4v) is 3.68. The van der Waals surface area contributed by atoms with E-state index in [0.717, 1.165) is 25.3 Å². The predicted octanol–water partition coefficient (Wildman–Crippen LogP) is 3.24. The van der Waals surface area contributed by atoms with E-state index in [1.165, 1.54) is 5.56 Å². The van der Waals surface area contributed by atoms with Gasteiger partial charge in [-0.1, -0.05) is 48.5 Å². The largest absolute Gasteiger partial charge is 0.481 e. The molecule has 0 aliphatic carbocycles. The number of carbonyl (C=O) groups is 1. The standard InChI is InChI=1S/C20H24N2O2/c1-16-13-21(14-17-8-4-2-5-9-17)15-19(12-20(23)24)22(16)18-10-6-3-7-11-18/h2-11,16,19H,12-15H2,1H3,(H,23,24)/t16-,19-/m0/s1. The molecule has 2 atom stereocenters. The summed E-state index contributed by atoms with van der Waals surface area (Å²) in [6, 6.07) is 20.8. The van der Waals surface area contributed by atoms with Crippen LogP contribution < -0.4 is 4.90 Å². The number of carboxylic acid groups (broad SMARTS) is 1. The molecule has 1 N–H and O–H groups in total. The molecule has 1 aliphatic heterocycles. The van der Waals surface area contributed by atoms with Gasteiger partial charge in [0.25, 0.3) is 0 Å². The fraction of sp³-hybridized carbons (Fsp3) is 0.350. The number of hydrogen-bond donors (Lipinski definition) is 1. The van der Waals surface area contributed by atoms with E-state index in [1.54, 1.807) is 0 Å². The van der Waals surface area contributed by atoms with E-state index in [4.69, 9.17) is 0 Å². The second kappa shape index (κ2) is 7.49. The van der Waals surface area contributed by atoms with Crippen molar-refractivity contribution in [3.8, 4) is 0 Å². The molecule has 0 bridgehead atoms. The Labute approximate surface area is 143 Å². The monoisotopic (exact) mass is 324 g/mol. The summed E-state index contributed by atoms with van der Waals surface area (Å²) in [7, 11) is 0. The van der Waals surface area contributed by atoms with Crippen LogP contribution in [0.5, 0.6) is 0 Å². The SMILES string of the molecule is C[C@H]1CN(Cc2ccccc2)C[C@H](CC(=O)O)N1c1ccccc1. The molecule has 126 valence electrons. The zero-order valence-corrected chi connectivity index (χ0v) is 14.0. The Hall–Kier alpha value is -2.33. The summed E-state index contributed by atoms with van der Waals surface area (Å²) in [6.07, 6.45) is 0.157. The minimum Gasteiger partial charge on any atom is -0.481 e. The van der Waals surface area contributed by atoms with Crippen LogP contribution in [0.4, 0.5) is 5.69 Å². The number of para-hydroxylation sites is 1. The van der Waals surface area contributed by atoms with E-state index >= 15 is 0 Å². The summed E-state index contributed by atoms with van der Waals surface area (Å²) in [4.78, 5) is 16.0. The van der Waals surface area contributed by atoms with Gasteiger partial charge >= 0.3 is 5.97 Å². The van der Waals surface area contributed by atoms with Crippen LogP contribution in [0.2, 0.25) is 0 Å². The van der Waals surface area contributed by atoms with Gasteiger partial charge in [-0.3, -0.25) is 9.69 Å². The molecule has 4 nitrogen and oxygen atoms in total. The lowest BCUT2D eigenvalue weighted by Crippen LogP contribution is -2.58. The summed E-state index contributed by atoms with van der Waals surface area (Å²) in [6.45, 7) is 4.74. The van der Waals surface area contributed by atoms with Crippen LogP contribution in [0.1, 0.15) is 18.9 Å². The zero-order valence-electron chi connectivity index (χ0n) is 14.0. The van der Waals surface area contributed by atoms with Crippen molar-refractivity contribution in [2.45, 2.75) is 32.0 Å². The van der Waals surface area contributed by atoms with Gasteiger partial charge in [-0.05, 0) is 24.6 Å². The third kappa shape index (κ3) is 3.95. The lowest BCUT2D eigenvalue weighted by Gasteiger charge is -2.47. The maximum atomic E-state index is 11.4. The highest BCUT2D eigenvalue weighted by atomic mass is 16.4. The quantitative estimate of drug-likeness (QED) is 0.917. The van der Waals surface area contributed by atoms with Crippen molar-refractivity contribution in [2.75, 3.05) is 18.0 Å². The highest BCUT2D eigenvalue weighted by Crippen LogP contribution is 2.27. The van der Waals surface area contributed by atoms with E-state index in [2.05, 4.69) is 41.0 Å². The van der Waals surface area contributed by atoms with Crippen LogP contribution in [0.25, 0.3) is 0 Å². The lowest BCUT2D eigenvalue weighted by molar-refractivity contribution is -0.137. The van der Waals surface area contributed by atoms with Gasteiger partial charge in [-0.25, -0.2) is 0 Å². The van der Waals surface area contributed by atoms with E-state index in [9.17, 15) is 9.90 Å². The summed E-state index contributed by atoms with van der Waals surface area (Å²) in [5.41, 5.74) is 2.38. The van der Waals surface area contributed by atoms with E-state index in [-0.39, 0.29) is 18.5 Å². The number of aliphatic carboxylic acids is 1. The maximum Gasteiger partial charge on any atom is 0.305 e.